The second-order valence-corrected chi connectivity index (χ2v) is 4.32. The molecular formula is C11H22N4O. The van der Waals surface area contributed by atoms with Crippen molar-refractivity contribution in [1.29, 1.82) is 0 Å². The highest BCUT2D eigenvalue weighted by atomic mass is 16.1. The fourth-order valence-corrected chi connectivity index (χ4v) is 1.94. The SMILES string of the molecule is NC(=O)CCCCN=C(N)NC1CCCC1. The van der Waals surface area contributed by atoms with Crippen LogP contribution in [0.3, 0.4) is 0 Å². The van der Waals surface area contributed by atoms with E-state index in [1.54, 1.807) is 0 Å². The van der Waals surface area contributed by atoms with Crippen molar-refractivity contribution in [3.8, 4) is 0 Å². The molecule has 1 aliphatic carbocycles. The molecule has 1 saturated carbocycles. The maximum atomic E-state index is 10.5. The van der Waals surface area contributed by atoms with Crippen molar-refractivity contribution in [2.45, 2.75) is 51.0 Å². The lowest BCUT2D eigenvalue weighted by molar-refractivity contribution is -0.118. The fraction of sp³-hybridized carbons (Fsp3) is 0.818. The van der Waals surface area contributed by atoms with Gasteiger partial charge in [-0.25, -0.2) is 0 Å². The number of nitrogens with one attached hydrogen (secondary N) is 1. The van der Waals surface area contributed by atoms with Gasteiger partial charge in [0.2, 0.25) is 5.91 Å². The van der Waals surface area contributed by atoms with Crippen LogP contribution in [0.15, 0.2) is 4.99 Å². The van der Waals surface area contributed by atoms with Gasteiger partial charge in [0, 0.05) is 19.0 Å². The summed E-state index contributed by atoms with van der Waals surface area (Å²) in [6.07, 6.45) is 7.03. The van der Waals surface area contributed by atoms with Gasteiger partial charge >= 0.3 is 0 Å². The van der Waals surface area contributed by atoms with E-state index in [0.29, 0.717) is 25.0 Å². The lowest BCUT2D eigenvalue weighted by Crippen LogP contribution is -2.38. The van der Waals surface area contributed by atoms with Crippen LogP contribution >= 0.6 is 0 Å². The molecule has 0 aromatic rings. The Bertz CT molecular complexity index is 246. The molecule has 0 bridgehead atoms. The van der Waals surface area contributed by atoms with Crippen molar-refractivity contribution < 1.29 is 4.79 Å². The number of aliphatic imine (C=N–C) groups is 1. The number of amides is 1. The summed E-state index contributed by atoms with van der Waals surface area (Å²) in [5.41, 5.74) is 10.8. The first kappa shape index (κ1) is 12.8. The molecule has 92 valence electrons. The van der Waals surface area contributed by atoms with Gasteiger partial charge in [0.1, 0.15) is 0 Å². The minimum Gasteiger partial charge on any atom is -0.370 e. The Morgan fingerprint density at radius 3 is 2.56 bits per heavy atom. The summed E-state index contributed by atoms with van der Waals surface area (Å²) in [6, 6.07) is 0.509. The van der Waals surface area contributed by atoms with Gasteiger partial charge in [-0.05, 0) is 25.7 Å². The molecule has 5 heteroatoms. The zero-order valence-electron chi connectivity index (χ0n) is 9.74. The zero-order chi connectivity index (χ0) is 11.8. The Balaban J connectivity index is 2.06. The van der Waals surface area contributed by atoms with Crippen LogP contribution in [-0.2, 0) is 4.79 Å². The van der Waals surface area contributed by atoms with Gasteiger partial charge in [-0.1, -0.05) is 12.8 Å². The minimum atomic E-state index is -0.249. The van der Waals surface area contributed by atoms with Crippen molar-refractivity contribution >= 4 is 11.9 Å². The third-order valence-corrected chi connectivity index (χ3v) is 2.82. The molecule has 0 spiro atoms. The molecule has 0 heterocycles. The number of nitrogens with zero attached hydrogens (tertiary/aromatic N) is 1. The molecule has 0 unspecified atom stereocenters. The second-order valence-electron chi connectivity index (χ2n) is 4.32. The number of unbranched alkanes of at least 4 members (excludes halogenated alkanes) is 1. The van der Waals surface area contributed by atoms with Gasteiger partial charge < -0.3 is 16.8 Å². The average molecular weight is 226 g/mol. The molecule has 0 atom stereocenters. The average Bonchev–Trinajstić information content (AvgIpc) is 2.69. The topological polar surface area (TPSA) is 93.5 Å². The summed E-state index contributed by atoms with van der Waals surface area (Å²) in [5, 5.41) is 3.21. The zero-order valence-corrected chi connectivity index (χ0v) is 9.74. The van der Waals surface area contributed by atoms with Crippen molar-refractivity contribution in [2.24, 2.45) is 16.5 Å². The van der Waals surface area contributed by atoms with Gasteiger partial charge in [0.15, 0.2) is 5.96 Å². The van der Waals surface area contributed by atoms with Gasteiger partial charge in [-0.15, -0.1) is 0 Å². The Labute approximate surface area is 96.7 Å². The van der Waals surface area contributed by atoms with Gasteiger partial charge in [-0.3, -0.25) is 9.79 Å². The third-order valence-electron chi connectivity index (χ3n) is 2.82. The van der Waals surface area contributed by atoms with E-state index < -0.39 is 0 Å². The quantitative estimate of drug-likeness (QED) is 0.349. The van der Waals surface area contributed by atoms with Crippen molar-refractivity contribution in [3.63, 3.8) is 0 Å². The van der Waals surface area contributed by atoms with E-state index in [0.717, 1.165) is 12.8 Å². The molecule has 0 saturated heterocycles. The number of primary amides is 1. The molecule has 0 aromatic carbocycles. The predicted octanol–water partition coefficient (Wildman–Crippen LogP) is 0.489. The summed E-state index contributed by atoms with van der Waals surface area (Å²) >= 11 is 0. The summed E-state index contributed by atoms with van der Waals surface area (Å²) < 4.78 is 0. The van der Waals surface area contributed by atoms with Crippen molar-refractivity contribution in [2.75, 3.05) is 6.54 Å². The van der Waals surface area contributed by atoms with Crippen LogP contribution in [0.2, 0.25) is 0 Å². The van der Waals surface area contributed by atoms with E-state index in [2.05, 4.69) is 10.3 Å². The number of rotatable bonds is 6. The Morgan fingerprint density at radius 2 is 1.94 bits per heavy atom. The molecule has 0 aliphatic heterocycles. The lowest BCUT2D eigenvalue weighted by atomic mass is 10.2. The first-order valence-corrected chi connectivity index (χ1v) is 6.03. The van der Waals surface area contributed by atoms with E-state index >= 15 is 0 Å². The molecule has 16 heavy (non-hydrogen) atoms. The van der Waals surface area contributed by atoms with Crippen molar-refractivity contribution in [3.05, 3.63) is 0 Å². The Morgan fingerprint density at radius 1 is 1.25 bits per heavy atom. The molecule has 1 aliphatic rings. The van der Waals surface area contributed by atoms with E-state index in [1.807, 2.05) is 0 Å². The second kappa shape index (κ2) is 7.09. The standard InChI is InChI=1S/C11H22N4O/c12-10(16)7-3-4-8-14-11(13)15-9-5-1-2-6-9/h9H,1-8H2,(H2,12,16)(H3,13,14,15). The van der Waals surface area contributed by atoms with E-state index in [4.69, 9.17) is 11.5 Å². The minimum absolute atomic E-state index is 0.249. The lowest BCUT2D eigenvalue weighted by Gasteiger charge is -2.11. The van der Waals surface area contributed by atoms with Crippen LogP contribution in [0, 0.1) is 0 Å². The highest BCUT2D eigenvalue weighted by molar-refractivity contribution is 5.78. The summed E-state index contributed by atoms with van der Waals surface area (Å²) in [5.74, 6) is 0.284. The largest absolute Gasteiger partial charge is 0.370 e. The van der Waals surface area contributed by atoms with Crippen LogP contribution in [0.25, 0.3) is 0 Å². The van der Waals surface area contributed by atoms with Crippen molar-refractivity contribution in [1.82, 2.24) is 5.32 Å². The summed E-state index contributed by atoms with van der Waals surface area (Å²) in [7, 11) is 0. The highest BCUT2D eigenvalue weighted by Crippen LogP contribution is 2.17. The normalized spacial score (nSPS) is 17.6. The molecule has 5 N–H and O–H groups in total. The fourth-order valence-electron chi connectivity index (χ4n) is 1.94. The van der Waals surface area contributed by atoms with Gasteiger partial charge in [-0.2, -0.15) is 0 Å². The molecule has 1 rings (SSSR count). The van der Waals surface area contributed by atoms with Crippen LogP contribution in [0.5, 0.6) is 0 Å². The smallest absolute Gasteiger partial charge is 0.217 e. The molecular weight excluding hydrogens is 204 g/mol. The molecule has 1 fully saturated rings. The molecule has 5 nitrogen and oxygen atoms in total. The number of hydrogen-bond donors (Lipinski definition) is 3. The highest BCUT2D eigenvalue weighted by Gasteiger charge is 2.14. The van der Waals surface area contributed by atoms with Crippen LogP contribution in [-0.4, -0.2) is 24.5 Å². The maximum Gasteiger partial charge on any atom is 0.217 e. The number of carbonyl (C=O) groups excluding carboxylic acids is 1. The summed E-state index contributed by atoms with van der Waals surface area (Å²) in [6.45, 7) is 0.666. The maximum absolute atomic E-state index is 10.5. The monoisotopic (exact) mass is 226 g/mol. The van der Waals surface area contributed by atoms with Gasteiger partial charge in [0.25, 0.3) is 0 Å². The number of guanidine groups is 1. The number of hydrogen-bond acceptors (Lipinski definition) is 2. The summed E-state index contributed by atoms with van der Waals surface area (Å²) in [4.78, 5) is 14.7. The first-order valence-electron chi connectivity index (χ1n) is 6.03. The number of nitrogens with two attached hydrogens (primary N) is 2. The van der Waals surface area contributed by atoms with E-state index in [9.17, 15) is 4.79 Å². The van der Waals surface area contributed by atoms with E-state index in [-0.39, 0.29) is 5.91 Å². The predicted molar refractivity (Wildman–Crippen MR) is 64.9 cm³/mol. The van der Waals surface area contributed by atoms with Crippen LogP contribution in [0.4, 0.5) is 0 Å². The Hall–Kier alpha value is -1.26. The third kappa shape index (κ3) is 5.58. The Kier molecular flexibility index (Phi) is 5.67. The number of carbonyl (C=O) groups is 1. The van der Waals surface area contributed by atoms with E-state index in [1.165, 1.54) is 25.7 Å². The van der Waals surface area contributed by atoms with Crippen LogP contribution in [0.1, 0.15) is 44.9 Å². The molecule has 1 amide bonds. The molecule has 0 aromatic heterocycles. The first-order chi connectivity index (χ1) is 7.68. The van der Waals surface area contributed by atoms with Crippen LogP contribution < -0.4 is 16.8 Å². The molecule has 0 radical (unpaired) electrons. The van der Waals surface area contributed by atoms with Gasteiger partial charge in [0.05, 0.1) is 0 Å².